The van der Waals surface area contributed by atoms with E-state index in [2.05, 4.69) is 5.32 Å². The molecular weight excluding hydrogens is 284 g/mol. The van der Waals surface area contributed by atoms with E-state index in [1.807, 2.05) is 37.3 Å². The van der Waals surface area contributed by atoms with Gasteiger partial charge in [-0.05, 0) is 18.4 Å². The highest BCUT2D eigenvalue weighted by Crippen LogP contribution is 2.17. The number of carboxylic acids is 1. The standard InChI is InChI=1S/C16H24N2O4/c1-12(14-6-4-3-5-7-14)10-18(13(2)11-19)16(22)17-9-8-15(20)21/h3-7,12-13,19H,8-11H2,1-2H3,(H,17,22)(H,20,21)/t12?,13-/m0/s1. The summed E-state index contributed by atoms with van der Waals surface area (Å²) in [5, 5.41) is 20.5. The van der Waals surface area contributed by atoms with Crippen molar-refractivity contribution in [3.63, 3.8) is 0 Å². The highest BCUT2D eigenvalue weighted by atomic mass is 16.4. The predicted molar refractivity (Wildman–Crippen MR) is 83.8 cm³/mol. The molecule has 6 heteroatoms. The molecule has 0 spiro atoms. The van der Waals surface area contributed by atoms with Gasteiger partial charge >= 0.3 is 12.0 Å². The zero-order valence-electron chi connectivity index (χ0n) is 13.0. The van der Waals surface area contributed by atoms with Gasteiger partial charge < -0.3 is 20.4 Å². The highest BCUT2D eigenvalue weighted by molar-refractivity contribution is 5.75. The number of carbonyl (C=O) groups is 2. The first-order chi connectivity index (χ1) is 10.5. The molecular formula is C16H24N2O4. The molecule has 0 bridgehead atoms. The van der Waals surface area contributed by atoms with E-state index >= 15 is 0 Å². The topological polar surface area (TPSA) is 89.9 Å². The van der Waals surface area contributed by atoms with Crippen molar-refractivity contribution in [2.75, 3.05) is 19.7 Å². The number of carboxylic acid groups (broad SMARTS) is 1. The minimum Gasteiger partial charge on any atom is -0.481 e. The Morgan fingerprint density at radius 2 is 1.86 bits per heavy atom. The third-order valence-corrected chi connectivity index (χ3v) is 3.51. The molecule has 1 aromatic carbocycles. The lowest BCUT2D eigenvalue weighted by Gasteiger charge is -2.31. The van der Waals surface area contributed by atoms with E-state index in [9.17, 15) is 14.7 Å². The highest BCUT2D eigenvalue weighted by Gasteiger charge is 2.22. The maximum Gasteiger partial charge on any atom is 0.317 e. The van der Waals surface area contributed by atoms with Gasteiger partial charge in [-0.2, -0.15) is 0 Å². The summed E-state index contributed by atoms with van der Waals surface area (Å²) >= 11 is 0. The molecule has 122 valence electrons. The summed E-state index contributed by atoms with van der Waals surface area (Å²) in [6.07, 6.45) is -0.124. The van der Waals surface area contributed by atoms with Crippen molar-refractivity contribution < 1.29 is 19.8 Å². The number of hydrogen-bond donors (Lipinski definition) is 3. The number of aliphatic hydroxyl groups excluding tert-OH is 1. The maximum atomic E-state index is 12.2. The average molecular weight is 308 g/mol. The molecule has 1 aromatic rings. The Labute approximate surface area is 130 Å². The molecule has 0 heterocycles. The van der Waals surface area contributed by atoms with E-state index in [4.69, 9.17) is 5.11 Å². The zero-order valence-corrected chi connectivity index (χ0v) is 13.0. The number of aliphatic carboxylic acids is 1. The number of aliphatic hydroxyl groups is 1. The van der Waals surface area contributed by atoms with Crippen LogP contribution in [0.2, 0.25) is 0 Å². The summed E-state index contributed by atoms with van der Waals surface area (Å²) in [5.74, 6) is -0.847. The van der Waals surface area contributed by atoms with E-state index in [-0.39, 0.29) is 37.6 Å². The van der Waals surface area contributed by atoms with E-state index < -0.39 is 5.97 Å². The van der Waals surface area contributed by atoms with Gasteiger partial charge in [-0.25, -0.2) is 4.79 Å². The first-order valence-electron chi connectivity index (χ1n) is 7.37. The Balaban J connectivity index is 2.67. The zero-order chi connectivity index (χ0) is 16.5. The third-order valence-electron chi connectivity index (χ3n) is 3.51. The molecule has 0 fully saturated rings. The Kier molecular flexibility index (Phi) is 7.39. The van der Waals surface area contributed by atoms with Gasteiger partial charge in [-0.1, -0.05) is 37.3 Å². The smallest absolute Gasteiger partial charge is 0.317 e. The fraction of sp³-hybridized carbons (Fsp3) is 0.500. The van der Waals surface area contributed by atoms with Gasteiger partial charge in [-0.3, -0.25) is 4.79 Å². The molecule has 0 saturated carbocycles. The van der Waals surface area contributed by atoms with Crippen LogP contribution in [-0.4, -0.2) is 52.9 Å². The predicted octanol–water partition coefficient (Wildman–Crippen LogP) is 1.66. The molecule has 0 radical (unpaired) electrons. The number of amides is 2. The molecule has 0 aromatic heterocycles. The quantitative estimate of drug-likeness (QED) is 0.681. The van der Waals surface area contributed by atoms with E-state index in [1.54, 1.807) is 11.8 Å². The van der Waals surface area contributed by atoms with Crippen LogP contribution in [0.5, 0.6) is 0 Å². The molecule has 1 rings (SSSR count). The second kappa shape index (κ2) is 9.04. The van der Waals surface area contributed by atoms with Crippen molar-refractivity contribution >= 4 is 12.0 Å². The number of nitrogens with one attached hydrogen (secondary N) is 1. The summed E-state index contributed by atoms with van der Waals surface area (Å²) in [6.45, 7) is 4.15. The molecule has 0 aliphatic heterocycles. The van der Waals surface area contributed by atoms with Crippen LogP contribution in [0, 0.1) is 0 Å². The van der Waals surface area contributed by atoms with Crippen molar-refractivity contribution in [2.24, 2.45) is 0 Å². The van der Waals surface area contributed by atoms with Gasteiger partial charge in [0.2, 0.25) is 0 Å². The molecule has 2 atom stereocenters. The molecule has 2 amide bonds. The van der Waals surface area contributed by atoms with Crippen LogP contribution in [0.1, 0.15) is 31.7 Å². The first-order valence-corrected chi connectivity index (χ1v) is 7.37. The molecule has 22 heavy (non-hydrogen) atoms. The molecule has 1 unspecified atom stereocenters. The van der Waals surface area contributed by atoms with Crippen molar-refractivity contribution in [1.82, 2.24) is 10.2 Å². The molecule has 6 nitrogen and oxygen atoms in total. The fourth-order valence-corrected chi connectivity index (χ4v) is 2.12. The van der Waals surface area contributed by atoms with Crippen LogP contribution in [-0.2, 0) is 4.79 Å². The minimum atomic E-state index is -0.959. The molecule has 0 saturated heterocycles. The van der Waals surface area contributed by atoms with Crippen LogP contribution in [0.25, 0.3) is 0 Å². The summed E-state index contributed by atoms with van der Waals surface area (Å²) < 4.78 is 0. The van der Waals surface area contributed by atoms with Crippen LogP contribution in [0.15, 0.2) is 30.3 Å². The summed E-state index contributed by atoms with van der Waals surface area (Å²) in [5.41, 5.74) is 1.11. The summed E-state index contributed by atoms with van der Waals surface area (Å²) in [4.78, 5) is 24.2. The van der Waals surface area contributed by atoms with Gasteiger partial charge in [0.1, 0.15) is 0 Å². The van der Waals surface area contributed by atoms with Gasteiger partial charge in [0.25, 0.3) is 0 Å². The van der Waals surface area contributed by atoms with Crippen LogP contribution in [0.4, 0.5) is 4.79 Å². The number of hydrogen-bond acceptors (Lipinski definition) is 3. The van der Waals surface area contributed by atoms with Gasteiger partial charge in [0.15, 0.2) is 0 Å². The minimum absolute atomic E-state index is 0.0720. The van der Waals surface area contributed by atoms with Crippen molar-refractivity contribution in [3.8, 4) is 0 Å². The normalized spacial score (nSPS) is 13.2. The molecule has 0 aliphatic rings. The number of urea groups is 1. The Bertz CT molecular complexity index is 478. The second-order valence-electron chi connectivity index (χ2n) is 5.37. The number of benzene rings is 1. The van der Waals surface area contributed by atoms with Crippen molar-refractivity contribution in [3.05, 3.63) is 35.9 Å². The first kappa shape index (κ1) is 18.0. The third kappa shape index (κ3) is 5.73. The van der Waals surface area contributed by atoms with Crippen molar-refractivity contribution in [2.45, 2.75) is 32.2 Å². The lowest BCUT2D eigenvalue weighted by Crippen LogP contribution is -2.48. The Hall–Kier alpha value is -2.08. The molecule has 0 aliphatic carbocycles. The Morgan fingerprint density at radius 1 is 1.23 bits per heavy atom. The van der Waals surface area contributed by atoms with Gasteiger partial charge in [0.05, 0.1) is 19.1 Å². The molecule has 3 N–H and O–H groups in total. The number of carbonyl (C=O) groups excluding carboxylic acids is 1. The lowest BCUT2D eigenvalue weighted by molar-refractivity contribution is -0.136. The van der Waals surface area contributed by atoms with Gasteiger partial charge in [0, 0.05) is 13.1 Å². The van der Waals surface area contributed by atoms with Crippen molar-refractivity contribution in [1.29, 1.82) is 0 Å². The summed E-state index contributed by atoms with van der Waals surface area (Å²) in [7, 11) is 0. The van der Waals surface area contributed by atoms with E-state index in [0.717, 1.165) is 5.56 Å². The van der Waals surface area contributed by atoms with E-state index in [0.29, 0.717) is 6.54 Å². The largest absolute Gasteiger partial charge is 0.481 e. The fourth-order valence-electron chi connectivity index (χ4n) is 2.12. The van der Waals surface area contributed by atoms with Gasteiger partial charge in [-0.15, -0.1) is 0 Å². The lowest BCUT2D eigenvalue weighted by atomic mass is 10.0. The van der Waals surface area contributed by atoms with Crippen LogP contribution in [0.3, 0.4) is 0 Å². The number of rotatable bonds is 8. The van der Waals surface area contributed by atoms with E-state index in [1.165, 1.54) is 0 Å². The average Bonchev–Trinajstić information content (AvgIpc) is 2.51. The summed E-state index contributed by atoms with van der Waals surface area (Å²) in [6, 6.07) is 9.12. The monoisotopic (exact) mass is 308 g/mol. The Morgan fingerprint density at radius 3 is 2.41 bits per heavy atom. The van der Waals surface area contributed by atoms with Crippen LogP contribution >= 0.6 is 0 Å². The maximum absolute atomic E-state index is 12.2. The van der Waals surface area contributed by atoms with Crippen LogP contribution < -0.4 is 5.32 Å². The number of nitrogens with zero attached hydrogens (tertiary/aromatic N) is 1. The SMILES string of the molecule is CC(CN(C(=O)NCCC(=O)O)[C@@H](C)CO)c1ccccc1. The second-order valence-corrected chi connectivity index (χ2v) is 5.37.